The Bertz CT molecular complexity index is 540. The molecular weight excluding hydrogens is 280 g/mol. The van der Waals surface area contributed by atoms with Crippen LogP contribution in [-0.2, 0) is 17.6 Å². The van der Waals surface area contributed by atoms with Crippen molar-refractivity contribution in [1.29, 1.82) is 0 Å². The van der Waals surface area contributed by atoms with E-state index >= 15 is 0 Å². The normalized spacial score (nSPS) is 12.0. The number of carboxylic acids is 1. The van der Waals surface area contributed by atoms with E-state index in [0.717, 1.165) is 17.7 Å². The third kappa shape index (κ3) is 5.64. The van der Waals surface area contributed by atoms with Crippen LogP contribution in [0.4, 0.5) is 0 Å². The molecule has 2 aromatic rings. The first-order valence-corrected chi connectivity index (χ1v) is 8.29. The van der Waals surface area contributed by atoms with E-state index in [1.165, 1.54) is 5.56 Å². The summed E-state index contributed by atoms with van der Waals surface area (Å²) in [6.07, 6.45) is 1.59. The number of benzene rings is 2. The van der Waals surface area contributed by atoms with Gasteiger partial charge in [-0.2, -0.15) is 11.8 Å². The van der Waals surface area contributed by atoms with E-state index in [9.17, 15) is 9.90 Å². The number of thioether (sulfide) groups is 1. The highest BCUT2D eigenvalue weighted by molar-refractivity contribution is 7.99. The monoisotopic (exact) mass is 300 g/mol. The van der Waals surface area contributed by atoms with Crippen molar-refractivity contribution in [3.63, 3.8) is 0 Å². The molecule has 0 aliphatic carbocycles. The van der Waals surface area contributed by atoms with Gasteiger partial charge in [0.25, 0.3) is 0 Å². The molecule has 2 rings (SSSR count). The molecule has 2 aromatic carbocycles. The maximum atomic E-state index is 11.4. The van der Waals surface area contributed by atoms with Gasteiger partial charge in [0, 0.05) is 5.75 Å². The maximum Gasteiger partial charge on any atom is 0.307 e. The topological polar surface area (TPSA) is 37.3 Å². The zero-order valence-corrected chi connectivity index (χ0v) is 12.8. The van der Waals surface area contributed by atoms with Crippen molar-refractivity contribution < 1.29 is 9.90 Å². The van der Waals surface area contributed by atoms with Gasteiger partial charge in [-0.05, 0) is 29.7 Å². The van der Waals surface area contributed by atoms with Gasteiger partial charge in [-0.3, -0.25) is 4.79 Å². The summed E-state index contributed by atoms with van der Waals surface area (Å²) in [5.41, 5.74) is 2.40. The predicted molar refractivity (Wildman–Crippen MR) is 88.7 cm³/mol. The number of carbonyl (C=O) groups is 1. The predicted octanol–water partition coefficient (Wildman–Crippen LogP) is 3.91. The van der Waals surface area contributed by atoms with Crippen LogP contribution < -0.4 is 0 Å². The molecule has 1 atom stereocenters. The van der Waals surface area contributed by atoms with Gasteiger partial charge in [0.05, 0.1) is 5.92 Å². The summed E-state index contributed by atoms with van der Waals surface area (Å²) in [5.74, 6) is 0.610. The van der Waals surface area contributed by atoms with Crippen molar-refractivity contribution in [1.82, 2.24) is 0 Å². The Labute approximate surface area is 130 Å². The van der Waals surface area contributed by atoms with E-state index < -0.39 is 5.97 Å². The van der Waals surface area contributed by atoms with E-state index in [0.29, 0.717) is 12.2 Å². The fraction of sp³-hybridized carbons (Fsp3) is 0.278. The summed E-state index contributed by atoms with van der Waals surface area (Å²) in [6, 6.07) is 20.1. The summed E-state index contributed by atoms with van der Waals surface area (Å²) in [7, 11) is 0. The lowest BCUT2D eigenvalue weighted by atomic mass is 10.0. The number of hydrogen-bond donors (Lipinski definition) is 1. The number of rotatable bonds is 8. The van der Waals surface area contributed by atoms with Crippen LogP contribution in [0.1, 0.15) is 11.1 Å². The van der Waals surface area contributed by atoms with Crippen LogP contribution in [0, 0.1) is 5.92 Å². The first kappa shape index (κ1) is 15.6. The highest BCUT2D eigenvalue weighted by Crippen LogP contribution is 2.16. The van der Waals surface area contributed by atoms with Crippen molar-refractivity contribution in [3.05, 3.63) is 71.8 Å². The van der Waals surface area contributed by atoms with Crippen molar-refractivity contribution >= 4 is 17.7 Å². The van der Waals surface area contributed by atoms with Gasteiger partial charge in [0.15, 0.2) is 0 Å². The smallest absolute Gasteiger partial charge is 0.307 e. The van der Waals surface area contributed by atoms with Crippen LogP contribution in [0.5, 0.6) is 0 Å². The molecule has 0 aliphatic heterocycles. The third-order valence-corrected chi connectivity index (χ3v) is 4.50. The van der Waals surface area contributed by atoms with Crippen LogP contribution in [0.2, 0.25) is 0 Å². The average Bonchev–Trinajstić information content (AvgIpc) is 2.52. The molecule has 0 aliphatic rings. The van der Waals surface area contributed by atoms with Gasteiger partial charge < -0.3 is 5.11 Å². The quantitative estimate of drug-likeness (QED) is 0.751. The molecule has 0 heterocycles. The minimum Gasteiger partial charge on any atom is -0.481 e. The Morgan fingerprint density at radius 1 is 0.952 bits per heavy atom. The molecular formula is C18H20O2S. The molecule has 0 aromatic heterocycles. The van der Waals surface area contributed by atoms with Gasteiger partial charge in [-0.1, -0.05) is 60.7 Å². The lowest BCUT2D eigenvalue weighted by Crippen LogP contribution is -2.19. The fourth-order valence-corrected chi connectivity index (χ4v) is 3.27. The van der Waals surface area contributed by atoms with E-state index in [1.54, 1.807) is 11.8 Å². The molecule has 0 saturated heterocycles. The highest BCUT2D eigenvalue weighted by Gasteiger charge is 2.17. The molecule has 0 saturated carbocycles. The third-order valence-electron chi connectivity index (χ3n) is 3.37. The molecule has 21 heavy (non-hydrogen) atoms. The molecule has 2 nitrogen and oxygen atoms in total. The van der Waals surface area contributed by atoms with Crippen LogP contribution in [-0.4, -0.2) is 22.6 Å². The first-order valence-electron chi connectivity index (χ1n) is 7.14. The Balaban J connectivity index is 1.77. The molecule has 0 bridgehead atoms. The van der Waals surface area contributed by atoms with Gasteiger partial charge in [-0.25, -0.2) is 0 Å². The van der Waals surface area contributed by atoms with Gasteiger partial charge in [-0.15, -0.1) is 0 Å². The van der Waals surface area contributed by atoms with Crippen LogP contribution >= 0.6 is 11.8 Å². The zero-order valence-electron chi connectivity index (χ0n) is 11.9. The summed E-state index contributed by atoms with van der Waals surface area (Å²) in [5, 5.41) is 9.34. The SMILES string of the molecule is O=C(O)C(CSCCc1ccccc1)Cc1ccccc1. The van der Waals surface area contributed by atoms with Crippen molar-refractivity contribution in [2.75, 3.05) is 11.5 Å². The standard InChI is InChI=1S/C18H20O2S/c19-18(20)17(13-16-9-5-2-6-10-16)14-21-12-11-15-7-3-1-4-8-15/h1-10,17H,11-14H2,(H,19,20). The average molecular weight is 300 g/mol. The largest absolute Gasteiger partial charge is 0.481 e. The molecule has 0 amide bonds. The van der Waals surface area contributed by atoms with E-state index in [-0.39, 0.29) is 5.92 Å². The van der Waals surface area contributed by atoms with Crippen molar-refractivity contribution in [3.8, 4) is 0 Å². The lowest BCUT2D eigenvalue weighted by Gasteiger charge is -2.12. The highest BCUT2D eigenvalue weighted by atomic mass is 32.2. The first-order chi connectivity index (χ1) is 10.3. The number of carboxylic acid groups (broad SMARTS) is 1. The molecule has 0 fully saturated rings. The Morgan fingerprint density at radius 2 is 1.52 bits per heavy atom. The summed E-state index contributed by atoms with van der Waals surface area (Å²) >= 11 is 1.72. The zero-order chi connectivity index (χ0) is 14.9. The second kappa shape index (κ2) is 8.53. The van der Waals surface area contributed by atoms with Crippen molar-refractivity contribution in [2.45, 2.75) is 12.8 Å². The van der Waals surface area contributed by atoms with Crippen LogP contribution in [0.25, 0.3) is 0 Å². The number of aryl methyl sites for hydroxylation is 1. The van der Waals surface area contributed by atoms with Gasteiger partial charge >= 0.3 is 5.97 Å². The molecule has 3 heteroatoms. The van der Waals surface area contributed by atoms with Gasteiger partial charge in [0.1, 0.15) is 0 Å². The summed E-state index contributed by atoms with van der Waals surface area (Å²) < 4.78 is 0. The molecule has 0 spiro atoms. The second-order valence-electron chi connectivity index (χ2n) is 5.04. The van der Waals surface area contributed by atoms with Crippen molar-refractivity contribution in [2.24, 2.45) is 5.92 Å². The summed E-state index contributed by atoms with van der Waals surface area (Å²) in [4.78, 5) is 11.4. The minimum atomic E-state index is -0.703. The lowest BCUT2D eigenvalue weighted by molar-refractivity contribution is -0.140. The van der Waals surface area contributed by atoms with Crippen LogP contribution in [0.15, 0.2) is 60.7 Å². The molecule has 1 unspecified atom stereocenters. The maximum absolute atomic E-state index is 11.4. The number of hydrogen-bond acceptors (Lipinski definition) is 2. The minimum absolute atomic E-state index is 0.312. The molecule has 0 radical (unpaired) electrons. The molecule has 1 N–H and O–H groups in total. The fourth-order valence-electron chi connectivity index (χ4n) is 2.18. The van der Waals surface area contributed by atoms with E-state index in [4.69, 9.17) is 0 Å². The molecule has 110 valence electrons. The van der Waals surface area contributed by atoms with E-state index in [1.807, 2.05) is 48.5 Å². The number of aliphatic carboxylic acids is 1. The Hall–Kier alpha value is -1.74. The Kier molecular flexibility index (Phi) is 6.35. The van der Waals surface area contributed by atoms with E-state index in [2.05, 4.69) is 12.1 Å². The van der Waals surface area contributed by atoms with Crippen LogP contribution in [0.3, 0.4) is 0 Å². The summed E-state index contributed by atoms with van der Waals surface area (Å²) in [6.45, 7) is 0. The second-order valence-corrected chi connectivity index (χ2v) is 6.19. The Morgan fingerprint density at radius 3 is 2.10 bits per heavy atom. The van der Waals surface area contributed by atoms with Gasteiger partial charge in [0.2, 0.25) is 0 Å².